The highest BCUT2D eigenvalue weighted by Crippen LogP contribution is 2.22. The zero-order chi connectivity index (χ0) is 12.7. The molecular weight excluding hydrogens is 242 g/mol. The van der Waals surface area contributed by atoms with Crippen LogP contribution >= 0.6 is 0 Å². The number of nitrogens with one attached hydrogen (secondary N) is 1. The number of methoxy groups -OCH3 is 1. The van der Waals surface area contributed by atoms with Crippen molar-refractivity contribution in [3.63, 3.8) is 0 Å². The second-order valence-corrected chi connectivity index (χ2v) is 6.73. The second-order valence-electron chi connectivity index (χ2n) is 4.50. The quantitative estimate of drug-likeness (QED) is 0.673. The van der Waals surface area contributed by atoms with Crippen LogP contribution in [0.15, 0.2) is 0 Å². The molecule has 0 spiro atoms. The van der Waals surface area contributed by atoms with E-state index >= 15 is 0 Å². The molecule has 0 saturated carbocycles. The summed E-state index contributed by atoms with van der Waals surface area (Å²) in [5, 5.41) is 2.79. The minimum Gasteiger partial charge on any atom is -0.385 e. The molecule has 1 rings (SSSR count). The molecule has 0 aliphatic carbocycles. The van der Waals surface area contributed by atoms with E-state index in [1.807, 2.05) is 0 Å². The van der Waals surface area contributed by atoms with E-state index in [1.165, 1.54) is 0 Å². The largest absolute Gasteiger partial charge is 0.385 e. The maximum absolute atomic E-state index is 11.4. The first-order valence-corrected chi connectivity index (χ1v) is 7.81. The molecule has 6 heteroatoms. The van der Waals surface area contributed by atoms with E-state index in [0.29, 0.717) is 32.4 Å². The average molecular weight is 263 g/mol. The number of carbonyl (C=O) groups excluding carboxylic acids is 1. The first-order valence-electron chi connectivity index (χ1n) is 5.99. The Morgan fingerprint density at radius 1 is 1.47 bits per heavy atom. The Kier molecular flexibility index (Phi) is 5.91. The van der Waals surface area contributed by atoms with Gasteiger partial charge in [-0.2, -0.15) is 0 Å². The molecule has 1 heterocycles. The molecule has 100 valence electrons. The molecule has 1 amide bonds. The number of rotatable bonds is 7. The van der Waals surface area contributed by atoms with Crippen molar-refractivity contribution in [2.24, 2.45) is 5.92 Å². The summed E-state index contributed by atoms with van der Waals surface area (Å²) >= 11 is 0. The standard InChI is InChI=1S/C11H21NO4S/c1-16-7-2-6-12-11(13)4-3-10-5-8-17(14,15)9-10/h10H,2-9H2,1H3,(H,12,13). The molecule has 1 atom stereocenters. The van der Waals surface area contributed by atoms with Gasteiger partial charge >= 0.3 is 0 Å². The first-order chi connectivity index (χ1) is 8.03. The van der Waals surface area contributed by atoms with Crippen LogP contribution in [0.3, 0.4) is 0 Å². The number of hydrogen-bond acceptors (Lipinski definition) is 4. The minimum atomic E-state index is -2.82. The van der Waals surface area contributed by atoms with Crippen LogP contribution in [-0.2, 0) is 19.4 Å². The Balaban J connectivity index is 2.08. The van der Waals surface area contributed by atoms with E-state index in [2.05, 4.69) is 5.32 Å². The topological polar surface area (TPSA) is 72.5 Å². The van der Waals surface area contributed by atoms with Gasteiger partial charge < -0.3 is 10.1 Å². The van der Waals surface area contributed by atoms with E-state index in [9.17, 15) is 13.2 Å². The van der Waals surface area contributed by atoms with Gasteiger partial charge in [0.1, 0.15) is 0 Å². The van der Waals surface area contributed by atoms with E-state index in [-0.39, 0.29) is 23.3 Å². The fourth-order valence-corrected chi connectivity index (χ4v) is 3.88. The fraction of sp³-hybridized carbons (Fsp3) is 0.909. The molecule has 1 aliphatic heterocycles. The van der Waals surface area contributed by atoms with Crippen molar-refractivity contribution in [1.82, 2.24) is 5.32 Å². The van der Waals surface area contributed by atoms with Crippen LogP contribution in [0.1, 0.15) is 25.7 Å². The van der Waals surface area contributed by atoms with Gasteiger partial charge in [0.25, 0.3) is 0 Å². The third-order valence-corrected chi connectivity index (χ3v) is 4.79. The predicted molar refractivity (Wildman–Crippen MR) is 65.5 cm³/mol. The maximum atomic E-state index is 11.4. The molecule has 0 aromatic carbocycles. The van der Waals surface area contributed by atoms with Gasteiger partial charge in [0, 0.05) is 26.7 Å². The summed E-state index contributed by atoms with van der Waals surface area (Å²) in [5.41, 5.74) is 0. The highest BCUT2D eigenvalue weighted by atomic mass is 32.2. The molecule has 0 aromatic heterocycles. The van der Waals surface area contributed by atoms with Crippen LogP contribution in [0, 0.1) is 5.92 Å². The van der Waals surface area contributed by atoms with Gasteiger partial charge in [0.05, 0.1) is 11.5 Å². The molecule has 1 saturated heterocycles. The minimum absolute atomic E-state index is 0.00500. The Bertz CT molecular complexity index is 339. The number of amides is 1. The molecule has 1 unspecified atom stereocenters. The normalized spacial score (nSPS) is 22.5. The monoisotopic (exact) mass is 263 g/mol. The van der Waals surface area contributed by atoms with Gasteiger partial charge in [0.15, 0.2) is 9.84 Å². The Labute approximate surface area is 103 Å². The van der Waals surface area contributed by atoms with Crippen LogP contribution in [0.2, 0.25) is 0 Å². The number of carbonyl (C=O) groups is 1. The van der Waals surface area contributed by atoms with Crippen molar-refractivity contribution in [2.45, 2.75) is 25.7 Å². The zero-order valence-corrected chi connectivity index (χ0v) is 11.1. The van der Waals surface area contributed by atoms with Crippen LogP contribution in [0.25, 0.3) is 0 Å². The Morgan fingerprint density at radius 2 is 2.24 bits per heavy atom. The Hall–Kier alpha value is -0.620. The number of hydrogen-bond donors (Lipinski definition) is 1. The molecule has 5 nitrogen and oxygen atoms in total. The van der Waals surface area contributed by atoms with E-state index in [4.69, 9.17) is 4.74 Å². The third kappa shape index (κ3) is 6.02. The van der Waals surface area contributed by atoms with Crippen molar-refractivity contribution in [3.8, 4) is 0 Å². The van der Waals surface area contributed by atoms with Gasteiger partial charge in [0.2, 0.25) is 5.91 Å². The lowest BCUT2D eigenvalue weighted by Crippen LogP contribution is -2.25. The van der Waals surface area contributed by atoms with E-state index < -0.39 is 9.84 Å². The SMILES string of the molecule is COCCCNC(=O)CCC1CCS(=O)(=O)C1. The first kappa shape index (κ1) is 14.4. The van der Waals surface area contributed by atoms with Gasteiger partial charge in [-0.3, -0.25) is 4.79 Å². The molecule has 0 aromatic rings. The second kappa shape index (κ2) is 6.96. The summed E-state index contributed by atoms with van der Waals surface area (Å²) in [5.74, 6) is 0.715. The van der Waals surface area contributed by atoms with Crippen molar-refractivity contribution < 1.29 is 17.9 Å². The molecule has 1 N–H and O–H groups in total. The lowest BCUT2D eigenvalue weighted by atomic mass is 10.0. The van der Waals surface area contributed by atoms with Crippen LogP contribution in [0.5, 0.6) is 0 Å². The van der Waals surface area contributed by atoms with Crippen molar-refractivity contribution in [3.05, 3.63) is 0 Å². The maximum Gasteiger partial charge on any atom is 0.220 e. The van der Waals surface area contributed by atoms with Crippen LogP contribution in [-0.4, -0.2) is 46.1 Å². The van der Waals surface area contributed by atoms with Gasteiger partial charge in [-0.05, 0) is 25.2 Å². The highest BCUT2D eigenvalue weighted by Gasteiger charge is 2.27. The number of sulfone groups is 1. The summed E-state index contributed by atoms with van der Waals surface area (Å²) in [7, 11) is -1.19. The summed E-state index contributed by atoms with van der Waals surface area (Å²) in [4.78, 5) is 11.4. The van der Waals surface area contributed by atoms with Crippen molar-refractivity contribution >= 4 is 15.7 Å². The lowest BCUT2D eigenvalue weighted by molar-refractivity contribution is -0.121. The zero-order valence-electron chi connectivity index (χ0n) is 10.3. The summed E-state index contributed by atoms with van der Waals surface area (Å²) in [6, 6.07) is 0. The highest BCUT2D eigenvalue weighted by molar-refractivity contribution is 7.91. The summed E-state index contributed by atoms with van der Waals surface area (Å²) in [6.07, 6.45) is 2.61. The number of ether oxygens (including phenoxy) is 1. The fourth-order valence-electron chi connectivity index (χ4n) is 1.97. The van der Waals surface area contributed by atoms with Crippen LogP contribution in [0.4, 0.5) is 0 Å². The van der Waals surface area contributed by atoms with Crippen molar-refractivity contribution in [1.29, 1.82) is 0 Å². The molecular formula is C11H21NO4S. The van der Waals surface area contributed by atoms with Gasteiger partial charge in [-0.15, -0.1) is 0 Å². The van der Waals surface area contributed by atoms with E-state index in [0.717, 1.165) is 6.42 Å². The molecule has 0 radical (unpaired) electrons. The lowest BCUT2D eigenvalue weighted by Gasteiger charge is -2.08. The van der Waals surface area contributed by atoms with Crippen molar-refractivity contribution in [2.75, 3.05) is 31.8 Å². The molecule has 0 bridgehead atoms. The Morgan fingerprint density at radius 3 is 2.82 bits per heavy atom. The third-order valence-electron chi connectivity index (χ3n) is 2.95. The van der Waals surface area contributed by atoms with Gasteiger partial charge in [-0.25, -0.2) is 8.42 Å². The van der Waals surface area contributed by atoms with Gasteiger partial charge in [-0.1, -0.05) is 0 Å². The summed E-state index contributed by atoms with van der Waals surface area (Å²) < 4.78 is 27.3. The summed E-state index contributed by atoms with van der Waals surface area (Å²) in [6.45, 7) is 1.26. The molecule has 17 heavy (non-hydrogen) atoms. The predicted octanol–water partition coefficient (Wildman–Crippen LogP) is 0.354. The van der Waals surface area contributed by atoms with E-state index in [1.54, 1.807) is 7.11 Å². The molecule has 1 fully saturated rings. The average Bonchev–Trinajstić information content (AvgIpc) is 2.62. The smallest absolute Gasteiger partial charge is 0.220 e. The van der Waals surface area contributed by atoms with Crippen LogP contribution < -0.4 is 5.32 Å². The molecule has 1 aliphatic rings.